The second-order valence-corrected chi connectivity index (χ2v) is 14.5. The van der Waals surface area contributed by atoms with Crippen LogP contribution in [0.5, 0.6) is 0 Å². The minimum Gasteiger partial charge on any atom is -0.456 e. The molecule has 0 saturated heterocycles. The van der Waals surface area contributed by atoms with Crippen molar-refractivity contribution in [1.29, 1.82) is 0 Å². The van der Waals surface area contributed by atoms with Crippen molar-refractivity contribution in [2.75, 3.05) is 0 Å². The highest BCUT2D eigenvalue weighted by Crippen LogP contribution is 2.42. The summed E-state index contributed by atoms with van der Waals surface area (Å²) in [5, 5.41) is 7.50. The van der Waals surface area contributed by atoms with E-state index in [-0.39, 0.29) is 0 Å². The first-order valence-corrected chi connectivity index (χ1v) is 19.3. The zero-order chi connectivity index (χ0) is 38.2. The highest BCUT2D eigenvalue weighted by molar-refractivity contribution is 6.28. The lowest BCUT2D eigenvalue weighted by Gasteiger charge is -2.13. The number of benzene rings is 8. The van der Waals surface area contributed by atoms with Gasteiger partial charge in [0.25, 0.3) is 0 Å². The average molecular weight is 743 g/mol. The second-order valence-electron chi connectivity index (χ2n) is 14.5. The molecule has 0 aliphatic heterocycles. The molecule has 0 atom stereocenters. The Balaban J connectivity index is 1.05. The third-order valence-electron chi connectivity index (χ3n) is 11.1. The summed E-state index contributed by atoms with van der Waals surface area (Å²) in [6.45, 7) is 0. The SMILES string of the molecule is c1ccc(-c2nc(-c3cccc(-c4ccc5c(c4)nc(-c4ccccc4)c4ccc6oc7ccccc7c6c45)c3)nc(-c3cccc4oc5ccccc5c34)n2)cc1. The van der Waals surface area contributed by atoms with E-state index in [1.54, 1.807) is 0 Å². The van der Waals surface area contributed by atoms with Crippen molar-refractivity contribution in [1.82, 2.24) is 19.9 Å². The number of fused-ring (bicyclic) bond motifs is 10. The van der Waals surface area contributed by atoms with Crippen LogP contribution >= 0.6 is 0 Å². The predicted octanol–water partition coefficient (Wildman–Crippen LogP) is 13.7. The van der Waals surface area contributed by atoms with Gasteiger partial charge in [-0.15, -0.1) is 0 Å². The zero-order valence-corrected chi connectivity index (χ0v) is 30.9. The molecule has 0 N–H and O–H groups in total. The minimum absolute atomic E-state index is 0.583. The Labute approximate surface area is 331 Å². The minimum atomic E-state index is 0.583. The Morgan fingerprint density at radius 2 is 0.845 bits per heavy atom. The fourth-order valence-electron chi connectivity index (χ4n) is 8.45. The van der Waals surface area contributed by atoms with Gasteiger partial charge in [-0.2, -0.15) is 0 Å². The number of pyridine rings is 1. The Morgan fingerprint density at radius 3 is 1.62 bits per heavy atom. The van der Waals surface area contributed by atoms with Crippen LogP contribution in [0.2, 0.25) is 0 Å². The molecule has 270 valence electrons. The van der Waals surface area contributed by atoms with Gasteiger partial charge in [0, 0.05) is 60.0 Å². The molecule has 0 bridgehead atoms. The lowest BCUT2D eigenvalue weighted by atomic mass is 9.94. The lowest BCUT2D eigenvalue weighted by Crippen LogP contribution is -2.00. The molecule has 12 rings (SSSR count). The normalized spacial score (nSPS) is 11.8. The van der Waals surface area contributed by atoms with Crippen molar-refractivity contribution in [2.24, 2.45) is 0 Å². The molecular weight excluding hydrogens is 713 g/mol. The molecule has 4 aromatic heterocycles. The van der Waals surface area contributed by atoms with E-state index in [2.05, 4.69) is 103 Å². The zero-order valence-electron chi connectivity index (χ0n) is 30.9. The number of hydrogen-bond acceptors (Lipinski definition) is 6. The van der Waals surface area contributed by atoms with Gasteiger partial charge in [0.05, 0.1) is 11.2 Å². The van der Waals surface area contributed by atoms with Crippen LogP contribution in [0.4, 0.5) is 0 Å². The van der Waals surface area contributed by atoms with Crippen molar-refractivity contribution in [3.05, 3.63) is 182 Å². The molecule has 12 aromatic rings. The Morgan fingerprint density at radius 1 is 0.293 bits per heavy atom. The summed E-state index contributed by atoms with van der Waals surface area (Å²) in [4.78, 5) is 20.7. The summed E-state index contributed by atoms with van der Waals surface area (Å²) < 4.78 is 12.6. The Kier molecular flexibility index (Phi) is 7.13. The molecule has 8 aromatic carbocycles. The van der Waals surface area contributed by atoms with Crippen LogP contribution in [0.25, 0.3) is 122 Å². The predicted molar refractivity (Wildman–Crippen MR) is 234 cm³/mol. The highest BCUT2D eigenvalue weighted by atomic mass is 16.3. The van der Waals surface area contributed by atoms with Gasteiger partial charge in [-0.25, -0.2) is 19.9 Å². The molecule has 0 unspecified atom stereocenters. The van der Waals surface area contributed by atoms with Crippen molar-refractivity contribution in [3.8, 4) is 56.5 Å². The number of aromatic nitrogens is 4. The van der Waals surface area contributed by atoms with Gasteiger partial charge in [-0.3, -0.25) is 0 Å². The Hall–Kier alpha value is -7.96. The summed E-state index contributed by atoms with van der Waals surface area (Å²) in [5.41, 5.74) is 11.0. The van der Waals surface area contributed by atoms with Gasteiger partial charge in [0.2, 0.25) is 0 Å². The first-order valence-electron chi connectivity index (χ1n) is 19.3. The summed E-state index contributed by atoms with van der Waals surface area (Å²) in [6, 6.07) is 62.1. The Bertz CT molecular complexity index is 3570. The van der Waals surface area contributed by atoms with Crippen LogP contribution in [-0.4, -0.2) is 19.9 Å². The van der Waals surface area contributed by atoms with Gasteiger partial charge in [0.1, 0.15) is 22.3 Å². The maximum atomic E-state index is 6.37. The van der Waals surface area contributed by atoms with E-state index >= 15 is 0 Å². The van der Waals surface area contributed by atoms with Gasteiger partial charge in [-0.05, 0) is 53.6 Å². The molecule has 0 spiro atoms. The molecular formula is C52H30N4O2. The second kappa shape index (κ2) is 12.8. The van der Waals surface area contributed by atoms with Crippen LogP contribution in [0.1, 0.15) is 0 Å². The molecule has 6 nitrogen and oxygen atoms in total. The topological polar surface area (TPSA) is 77.8 Å². The number of nitrogens with zero attached hydrogens (tertiary/aromatic N) is 4. The molecule has 0 saturated carbocycles. The van der Waals surface area contributed by atoms with E-state index in [0.717, 1.165) is 105 Å². The van der Waals surface area contributed by atoms with Crippen molar-refractivity contribution >= 4 is 65.6 Å². The molecule has 0 fully saturated rings. The van der Waals surface area contributed by atoms with Gasteiger partial charge in [-0.1, -0.05) is 140 Å². The van der Waals surface area contributed by atoms with Gasteiger partial charge in [0.15, 0.2) is 17.5 Å². The van der Waals surface area contributed by atoms with Crippen LogP contribution < -0.4 is 0 Å². The maximum Gasteiger partial charge on any atom is 0.164 e. The van der Waals surface area contributed by atoms with E-state index < -0.39 is 0 Å². The molecule has 6 heteroatoms. The number of rotatable bonds is 5. The number of para-hydroxylation sites is 2. The fourth-order valence-corrected chi connectivity index (χ4v) is 8.45. The van der Waals surface area contributed by atoms with Crippen molar-refractivity contribution in [3.63, 3.8) is 0 Å². The standard InChI is InChI=1S/C52H30N4O2/c1-3-13-31(14-4-1)49-39-27-28-45-48(38-20-8-10-23-43(38)58-45)47(39)36-26-25-34(30-41(36)53-49)33-17-11-18-35(29-33)51-54-50(32-15-5-2-6-16-32)55-52(56-51)40-21-12-24-44-46(40)37-19-7-9-22-42(37)57-44/h1-30H. The maximum absolute atomic E-state index is 6.37. The molecule has 58 heavy (non-hydrogen) atoms. The molecule has 0 amide bonds. The first kappa shape index (κ1) is 32.3. The smallest absolute Gasteiger partial charge is 0.164 e. The molecule has 0 radical (unpaired) electrons. The largest absolute Gasteiger partial charge is 0.456 e. The molecule has 4 heterocycles. The van der Waals surface area contributed by atoms with Crippen LogP contribution in [-0.2, 0) is 0 Å². The monoisotopic (exact) mass is 742 g/mol. The van der Waals surface area contributed by atoms with E-state index in [1.165, 1.54) is 0 Å². The summed E-state index contributed by atoms with van der Waals surface area (Å²) in [6.07, 6.45) is 0. The average Bonchev–Trinajstić information content (AvgIpc) is 3.88. The van der Waals surface area contributed by atoms with Crippen LogP contribution in [0, 0.1) is 0 Å². The van der Waals surface area contributed by atoms with Crippen LogP contribution in [0.3, 0.4) is 0 Å². The first-order chi connectivity index (χ1) is 28.7. The van der Waals surface area contributed by atoms with Crippen molar-refractivity contribution in [2.45, 2.75) is 0 Å². The van der Waals surface area contributed by atoms with Crippen molar-refractivity contribution < 1.29 is 8.83 Å². The number of hydrogen-bond donors (Lipinski definition) is 0. The van der Waals surface area contributed by atoms with Gasteiger partial charge < -0.3 is 8.83 Å². The quantitative estimate of drug-likeness (QED) is 0.163. The number of furan rings is 2. The fraction of sp³-hybridized carbons (Fsp3) is 0. The third kappa shape index (κ3) is 5.12. The lowest BCUT2D eigenvalue weighted by molar-refractivity contribution is 0.668. The van der Waals surface area contributed by atoms with E-state index in [0.29, 0.717) is 17.5 Å². The summed E-state index contributed by atoms with van der Waals surface area (Å²) in [7, 11) is 0. The van der Waals surface area contributed by atoms with E-state index in [4.69, 9.17) is 28.8 Å². The molecule has 0 aliphatic rings. The van der Waals surface area contributed by atoms with Crippen LogP contribution in [0.15, 0.2) is 191 Å². The van der Waals surface area contributed by atoms with E-state index in [1.807, 2.05) is 78.9 Å². The highest BCUT2D eigenvalue weighted by Gasteiger charge is 2.20. The summed E-state index contributed by atoms with van der Waals surface area (Å²) in [5.74, 6) is 1.77. The molecule has 0 aliphatic carbocycles. The third-order valence-corrected chi connectivity index (χ3v) is 11.1. The van der Waals surface area contributed by atoms with Gasteiger partial charge >= 0.3 is 0 Å². The van der Waals surface area contributed by atoms with E-state index in [9.17, 15) is 0 Å². The summed E-state index contributed by atoms with van der Waals surface area (Å²) >= 11 is 0.